The van der Waals surface area contributed by atoms with Crippen molar-refractivity contribution in [2.24, 2.45) is 0 Å². The second-order valence-electron chi connectivity index (χ2n) is 5.06. The largest absolute Gasteiger partial charge is 0.454 e. The Morgan fingerprint density at radius 3 is 2.67 bits per heavy atom. The maximum Gasteiger partial charge on any atom is 0.326 e. The Hall–Kier alpha value is -2.12. The second kappa shape index (κ2) is 7.05. The molecule has 0 bridgehead atoms. The highest BCUT2D eigenvalue weighted by molar-refractivity contribution is 5.97. The van der Waals surface area contributed by atoms with Crippen molar-refractivity contribution < 1.29 is 23.9 Å². The number of nitrogens with one attached hydrogen (secondary N) is 1. The Kier molecular flexibility index (Phi) is 5.13. The van der Waals surface area contributed by atoms with Crippen LogP contribution < -0.4 is 5.32 Å². The van der Waals surface area contributed by atoms with Crippen molar-refractivity contribution in [3.05, 3.63) is 0 Å². The number of hydrogen-bond acceptors (Lipinski definition) is 5. The van der Waals surface area contributed by atoms with E-state index < -0.39 is 24.5 Å². The topological polar surface area (TPSA) is 96.0 Å². The number of carbonyl (C=O) groups is 4. The Balaban J connectivity index is 1.75. The summed E-state index contributed by atoms with van der Waals surface area (Å²) in [6, 6.07) is -0.473. The molecule has 0 radical (unpaired) electrons. The van der Waals surface area contributed by atoms with Gasteiger partial charge < -0.3 is 15.0 Å². The summed E-state index contributed by atoms with van der Waals surface area (Å²) in [5.41, 5.74) is 0. The molecule has 0 atom stereocenters. The SMILES string of the molecule is O=C(CN1CCCCCC1=O)OCC(=O)N1CCNC1=O. The smallest absolute Gasteiger partial charge is 0.326 e. The van der Waals surface area contributed by atoms with Crippen LogP contribution in [-0.2, 0) is 19.1 Å². The molecule has 2 aliphatic heterocycles. The van der Waals surface area contributed by atoms with Gasteiger partial charge in [-0.3, -0.25) is 19.3 Å². The lowest BCUT2D eigenvalue weighted by molar-refractivity contribution is -0.153. The number of hydrogen-bond donors (Lipinski definition) is 1. The quantitative estimate of drug-likeness (QED) is 0.705. The van der Waals surface area contributed by atoms with Gasteiger partial charge in [0.25, 0.3) is 5.91 Å². The van der Waals surface area contributed by atoms with E-state index in [4.69, 9.17) is 4.74 Å². The summed E-state index contributed by atoms with van der Waals surface area (Å²) in [5, 5.41) is 2.49. The number of amides is 4. The van der Waals surface area contributed by atoms with Gasteiger partial charge in [0.2, 0.25) is 5.91 Å². The summed E-state index contributed by atoms with van der Waals surface area (Å²) in [5.74, 6) is -1.24. The van der Waals surface area contributed by atoms with E-state index in [0.717, 1.165) is 24.2 Å². The molecular formula is C13H19N3O5. The molecule has 0 spiro atoms. The fraction of sp³-hybridized carbons (Fsp3) is 0.692. The Bertz CT molecular complexity index is 451. The van der Waals surface area contributed by atoms with Crippen molar-refractivity contribution in [2.45, 2.75) is 25.7 Å². The molecule has 2 heterocycles. The van der Waals surface area contributed by atoms with E-state index in [1.54, 1.807) is 0 Å². The van der Waals surface area contributed by atoms with Gasteiger partial charge in [0.05, 0.1) is 0 Å². The van der Waals surface area contributed by atoms with Crippen molar-refractivity contribution in [1.82, 2.24) is 15.1 Å². The molecule has 1 N–H and O–H groups in total. The average molecular weight is 297 g/mol. The van der Waals surface area contributed by atoms with Crippen LogP contribution in [0, 0.1) is 0 Å². The molecule has 0 unspecified atom stereocenters. The lowest BCUT2D eigenvalue weighted by Crippen LogP contribution is -2.39. The van der Waals surface area contributed by atoms with Crippen molar-refractivity contribution in [1.29, 1.82) is 0 Å². The summed E-state index contributed by atoms with van der Waals surface area (Å²) < 4.78 is 4.85. The maximum atomic E-state index is 11.7. The molecule has 0 aromatic rings. The molecule has 2 aliphatic rings. The molecule has 21 heavy (non-hydrogen) atoms. The molecule has 4 amide bonds. The first-order chi connectivity index (χ1) is 10.1. The number of urea groups is 1. The van der Waals surface area contributed by atoms with Crippen molar-refractivity contribution in [2.75, 3.05) is 32.8 Å². The molecule has 0 aromatic heterocycles. The van der Waals surface area contributed by atoms with Crippen LogP contribution in [-0.4, -0.2) is 66.4 Å². The summed E-state index contributed by atoms with van der Waals surface area (Å²) in [4.78, 5) is 48.8. The van der Waals surface area contributed by atoms with Gasteiger partial charge >= 0.3 is 12.0 Å². The van der Waals surface area contributed by atoms with Crippen LogP contribution in [0.3, 0.4) is 0 Å². The van der Waals surface area contributed by atoms with Gasteiger partial charge in [-0.05, 0) is 12.8 Å². The van der Waals surface area contributed by atoms with Gasteiger partial charge in [-0.1, -0.05) is 6.42 Å². The first kappa shape index (κ1) is 15.3. The average Bonchev–Trinajstić information content (AvgIpc) is 2.79. The fourth-order valence-electron chi connectivity index (χ4n) is 2.34. The number of imide groups is 1. The molecule has 8 nitrogen and oxygen atoms in total. The maximum absolute atomic E-state index is 11.7. The third-order valence-corrected chi connectivity index (χ3v) is 3.51. The molecule has 116 valence electrons. The van der Waals surface area contributed by atoms with Crippen molar-refractivity contribution >= 4 is 23.8 Å². The Morgan fingerprint density at radius 1 is 1.14 bits per heavy atom. The highest BCUT2D eigenvalue weighted by Crippen LogP contribution is 2.10. The van der Waals surface area contributed by atoms with E-state index in [9.17, 15) is 19.2 Å². The molecular weight excluding hydrogens is 278 g/mol. The van der Waals surface area contributed by atoms with Crippen LogP contribution in [0.25, 0.3) is 0 Å². The van der Waals surface area contributed by atoms with Gasteiger partial charge in [-0.25, -0.2) is 4.79 Å². The number of likely N-dealkylation sites (tertiary alicyclic amines) is 1. The normalized spacial score (nSPS) is 19.2. The van der Waals surface area contributed by atoms with Crippen molar-refractivity contribution in [3.63, 3.8) is 0 Å². The van der Waals surface area contributed by atoms with Gasteiger partial charge in [0, 0.05) is 26.1 Å². The summed E-state index contributed by atoms with van der Waals surface area (Å²) in [6.07, 6.45) is 3.12. The number of ether oxygens (including phenoxy) is 1. The van der Waals surface area contributed by atoms with Crippen LogP contribution in [0.15, 0.2) is 0 Å². The second-order valence-corrected chi connectivity index (χ2v) is 5.06. The Morgan fingerprint density at radius 2 is 1.95 bits per heavy atom. The van der Waals surface area contributed by atoms with Crippen LogP contribution in [0.2, 0.25) is 0 Å². The predicted molar refractivity (Wildman–Crippen MR) is 71.1 cm³/mol. The first-order valence-electron chi connectivity index (χ1n) is 7.09. The van der Waals surface area contributed by atoms with E-state index in [2.05, 4.69) is 5.32 Å². The van der Waals surface area contributed by atoms with Crippen LogP contribution >= 0.6 is 0 Å². The fourth-order valence-corrected chi connectivity index (χ4v) is 2.34. The first-order valence-corrected chi connectivity index (χ1v) is 7.09. The van der Waals surface area contributed by atoms with Crippen LogP contribution in [0.5, 0.6) is 0 Å². The molecule has 0 aromatic carbocycles. The number of esters is 1. The molecule has 2 fully saturated rings. The molecule has 0 saturated carbocycles. The number of carbonyl (C=O) groups excluding carboxylic acids is 4. The van der Waals surface area contributed by atoms with Gasteiger partial charge in [-0.2, -0.15) is 0 Å². The Labute approximate surface area is 122 Å². The third kappa shape index (κ3) is 4.17. The van der Waals surface area contributed by atoms with Gasteiger partial charge in [0.15, 0.2) is 6.61 Å². The molecule has 2 saturated heterocycles. The lowest BCUT2D eigenvalue weighted by Gasteiger charge is -2.19. The minimum Gasteiger partial charge on any atom is -0.454 e. The zero-order chi connectivity index (χ0) is 15.2. The standard InChI is InChI=1S/C13H19N3O5/c17-10-4-2-1-3-6-15(10)8-12(19)21-9-11(18)16-7-5-14-13(16)20/h1-9H2,(H,14,20). The van der Waals surface area contributed by atoms with Gasteiger partial charge in [0.1, 0.15) is 6.54 Å². The van der Waals surface area contributed by atoms with Gasteiger partial charge in [-0.15, -0.1) is 0 Å². The zero-order valence-electron chi connectivity index (χ0n) is 11.8. The van der Waals surface area contributed by atoms with E-state index in [0.29, 0.717) is 19.5 Å². The minimum atomic E-state index is -0.627. The lowest BCUT2D eigenvalue weighted by atomic mass is 10.2. The number of nitrogens with zero attached hydrogens (tertiary/aromatic N) is 2. The van der Waals surface area contributed by atoms with Crippen LogP contribution in [0.4, 0.5) is 4.79 Å². The molecule has 2 rings (SSSR count). The van der Waals surface area contributed by atoms with E-state index in [1.807, 2.05) is 0 Å². The van der Waals surface area contributed by atoms with E-state index in [-0.39, 0.29) is 19.0 Å². The third-order valence-electron chi connectivity index (χ3n) is 3.51. The van der Waals surface area contributed by atoms with E-state index in [1.165, 1.54) is 4.90 Å². The monoisotopic (exact) mass is 297 g/mol. The minimum absolute atomic E-state index is 0.0605. The van der Waals surface area contributed by atoms with Crippen LogP contribution in [0.1, 0.15) is 25.7 Å². The summed E-state index contributed by atoms with van der Waals surface area (Å²) in [7, 11) is 0. The highest BCUT2D eigenvalue weighted by atomic mass is 16.5. The molecule has 0 aliphatic carbocycles. The zero-order valence-corrected chi connectivity index (χ0v) is 11.8. The van der Waals surface area contributed by atoms with E-state index >= 15 is 0 Å². The van der Waals surface area contributed by atoms with Crippen molar-refractivity contribution in [3.8, 4) is 0 Å². The predicted octanol–water partition coefficient (Wildman–Crippen LogP) is -0.516. The number of rotatable bonds is 4. The summed E-state index contributed by atoms with van der Waals surface area (Å²) in [6.45, 7) is 0.601. The highest BCUT2D eigenvalue weighted by Gasteiger charge is 2.27. The summed E-state index contributed by atoms with van der Waals surface area (Å²) >= 11 is 0. The molecule has 8 heteroatoms.